The van der Waals surface area contributed by atoms with Gasteiger partial charge in [0.15, 0.2) is 0 Å². The largest absolute Gasteiger partial charge is 0.467 e. The van der Waals surface area contributed by atoms with Crippen LogP contribution in [0, 0.1) is 0 Å². The summed E-state index contributed by atoms with van der Waals surface area (Å²) in [4.78, 5) is 25.2. The number of hydrogen-bond acceptors (Lipinski definition) is 3. The molecule has 1 atom stereocenters. The standard InChI is InChI=1S/C13H14ClNO3/c1-18-13(17)11-7-4-8-12(16)15(11)10-6-3-2-5-9(10)14/h2-3,5-6,11H,4,7-8H2,1H3. The van der Waals surface area contributed by atoms with E-state index in [4.69, 9.17) is 16.3 Å². The number of esters is 1. The van der Waals surface area contributed by atoms with Crippen LogP contribution in [0.4, 0.5) is 5.69 Å². The average Bonchev–Trinajstić information content (AvgIpc) is 2.39. The third kappa shape index (κ3) is 2.34. The summed E-state index contributed by atoms with van der Waals surface area (Å²) < 4.78 is 4.75. The summed E-state index contributed by atoms with van der Waals surface area (Å²) in [7, 11) is 1.33. The highest BCUT2D eigenvalue weighted by Crippen LogP contribution is 2.31. The Kier molecular flexibility index (Phi) is 3.87. The molecule has 1 saturated heterocycles. The van der Waals surface area contributed by atoms with Gasteiger partial charge >= 0.3 is 5.97 Å². The molecule has 0 radical (unpaired) electrons. The van der Waals surface area contributed by atoms with Crippen molar-refractivity contribution in [2.24, 2.45) is 0 Å². The zero-order valence-corrected chi connectivity index (χ0v) is 10.8. The van der Waals surface area contributed by atoms with E-state index in [9.17, 15) is 9.59 Å². The Morgan fingerprint density at radius 1 is 1.44 bits per heavy atom. The maximum atomic E-state index is 12.0. The van der Waals surface area contributed by atoms with Crippen LogP contribution >= 0.6 is 11.6 Å². The van der Waals surface area contributed by atoms with Crippen LogP contribution in [0.15, 0.2) is 24.3 Å². The first kappa shape index (κ1) is 12.9. The average molecular weight is 268 g/mol. The highest BCUT2D eigenvalue weighted by Gasteiger charge is 2.35. The van der Waals surface area contributed by atoms with Crippen molar-refractivity contribution in [3.8, 4) is 0 Å². The van der Waals surface area contributed by atoms with E-state index in [0.717, 1.165) is 0 Å². The monoisotopic (exact) mass is 267 g/mol. The van der Waals surface area contributed by atoms with Crippen molar-refractivity contribution in [2.45, 2.75) is 25.3 Å². The molecule has 0 bridgehead atoms. The van der Waals surface area contributed by atoms with Crippen LogP contribution in [0.3, 0.4) is 0 Å². The van der Waals surface area contributed by atoms with Gasteiger partial charge in [0.05, 0.1) is 17.8 Å². The van der Waals surface area contributed by atoms with E-state index in [2.05, 4.69) is 0 Å². The van der Waals surface area contributed by atoms with Crippen LogP contribution in [0.2, 0.25) is 5.02 Å². The molecule has 1 unspecified atom stereocenters. The summed E-state index contributed by atoms with van der Waals surface area (Å²) >= 11 is 6.09. The zero-order chi connectivity index (χ0) is 13.1. The quantitative estimate of drug-likeness (QED) is 0.773. The summed E-state index contributed by atoms with van der Waals surface area (Å²) in [5.74, 6) is -0.493. The highest BCUT2D eigenvalue weighted by atomic mass is 35.5. The molecular weight excluding hydrogens is 254 g/mol. The molecule has 0 aliphatic carbocycles. The van der Waals surface area contributed by atoms with E-state index in [1.54, 1.807) is 24.3 Å². The summed E-state index contributed by atoms with van der Waals surface area (Å²) in [6, 6.07) is 6.44. The molecule has 0 aromatic heterocycles. The van der Waals surface area contributed by atoms with Gasteiger partial charge in [-0.3, -0.25) is 9.69 Å². The van der Waals surface area contributed by atoms with Gasteiger partial charge < -0.3 is 4.74 Å². The normalized spacial score (nSPS) is 19.8. The first-order valence-electron chi connectivity index (χ1n) is 5.79. The smallest absolute Gasteiger partial charge is 0.328 e. The number of rotatable bonds is 2. The molecule has 1 aliphatic rings. The number of amides is 1. The molecule has 0 spiro atoms. The maximum Gasteiger partial charge on any atom is 0.328 e. The van der Waals surface area contributed by atoms with Crippen LogP contribution in [0.25, 0.3) is 0 Å². The molecule has 96 valence electrons. The minimum Gasteiger partial charge on any atom is -0.467 e. The molecule has 4 nitrogen and oxygen atoms in total. The van der Waals surface area contributed by atoms with Crippen LogP contribution in [-0.4, -0.2) is 25.0 Å². The number of para-hydroxylation sites is 1. The van der Waals surface area contributed by atoms with Crippen molar-refractivity contribution >= 4 is 29.2 Å². The molecule has 1 aliphatic heterocycles. The van der Waals surface area contributed by atoms with Crippen LogP contribution in [0.1, 0.15) is 19.3 Å². The van der Waals surface area contributed by atoms with Crippen LogP contribution < -0.4 is 4.90 Å². The minimum atomic E-state index is -0.573. The van der Waals surface area contributed by atoms with Gasteiger partial charge in [-0.1, -0.05) is 23.7 Å². The number of benzene rings is 1. The lowest BCUT2D eigenvalue weighted by Crippen LogP contribution is -2.48. The van der Waals surface area contributed by atoms with Gasteiger partial charge in [0.2, 0.25) is 5.91 Å². The van der Waals surface area contributed by atoms with E-state index in [-0.39, 0.29) is 5.91 Å². The number of carbonyl (C=O) groups is 2. The van der Waals surface area contributed by atoms with Crippen molar-refractivity contribution in [1.29, 1.82) is 0 Å². The van der Waals surface area contributed by atoms with E-state index in [1.165, 1.54) is 12.0 Å². The third-order valence-corrected chi connectivity index (χ3v) is 3.35. The first-order valence-corrected chi connectivity index (χ1v) is 6.17. The Hall–Kier alpha value is -1.55. The van der Waals surface area contributed by atoms with Gasteiger partial charge in [-0.05, 0) is 25.0 Å². The molecule has 1 aromatic carbocycles. The first-order chi connectivity index (χ1) is 8.65. The fourth-order valence-electron chi connectivity index (χ4n) is 2.18. The lowest BCUT2D eigenvalue weighted by molar-refractivity contribution is -0.144. The van der Waals surface area contributed by atoms with E-state index >= 15 is 0 Å². The summed E-state index contributed by atoms with van der Waals surface area (Å²) in [6.07, 6.45) is 1.72. The van der Waals surface area contributed by atoms with Crippen LogP contribution in [0.5, 0.6) is 0 Å². The van der Waals surface area contributed by atoms with Crippen molar-refractivity contribution < 1.29 is 14.3 Å². The number of ether oxygens (including phenoxy) is 1. The summed E-state index contributed by atoms with van der Waals surface area (Å²) in [5, 5.41) is 0.460. The molecule has 18 heavy (non-hydrogen) atoms. The van der Waals surface area contributed by atoms with Crippen molar-refractivity contribution in [1.82, 2.24) is 0 Å². The van der Waals surface area contributed by atoms with E-state index in [0.29, 0.717) is 30.0 Å². The highest BCUT2D eigenvalue weighted by molar-refractivity contribution is 6.34. The van der Waals surface area contributed by atoms with Gasteiger partial charge in [-0.25, -0.2) is 4.79 Å². The Balaban J connectivity index is 2.39. The number of hydrogen-bond donors (Lipinski definition) is 0. The molecule has 1 aromatic rings. The lowest BCUT2D eigenvalue weighted by atomic mass is 10.0. The Labute approximate surface area is 110 Å². The fraction of sp³-hybridized carbons (Fsp3) is 0.385. The maximum absolute atomic E-state index is 12.0. The second kappa shape index (κ2) is 5.40. The number of anilines is 1. The third-order valence-electron chi connectivity index (χ3n) is 3.03. The number of piperidine rings is 1. The molecule has 2 rings (SSSR count). The number of nitrogens with zero attached hydrogens (tertiary/aromatic N) is 1. The van der Waals surface area contributed by atoms with Crippen molar-refractivity contribution in [3.05, 3.63) is 29.3 Å². The molecule has 0 saturated carbocycles. The molecular formula is C13H14ClNO3. The second-order valence-corrected chi connectivity index (χ2v) is 4.55. The molecule has 1 heterocycles. The number of carbonyl (C=O) groups excluding carboxylic acids is 2. The Morgan fingerprint density at radius 3 is 2.83 bits per heavy atom. The number of halogens is 1. The van der Waals surface area contributed by atoms with Gasteiger partial charge in [-0.15, -0.1) is 0 Å². The molecule has 5 heteroatoms. The van der Waals surface area contributed by atoms with Gasteiger partial charge in [-0.2, -0.15) is 0 Å². The Morgan fingerprint density at radius 2 is 2.17 bits per heavy atom. The van der Waals surface area contributed by atoms with Crippen molar-refractivity contribution in [3.63, 3.8) is 0 Å². The van der Waals surface area contributed by atoms with Gasteiger partial charge in [0, 0.05) is 6.42 Å². The number of methoxy groups -OCH3 is 1. The summed E-state index contributed by atoms with van der Waals surface area (Å²) in [6.45, 7) is 0. The van der Waals surface area contributed by atoms with Gasteiger partial charge in [0.25, 0.3) is 0 Å². The lowest BCUT2D eigenvalue weighted by Gasteiger charge is -2.34. The van der Waals surface area contributed by atoms with Crippen molar-refractivity contribution in [2.75, 3.05) is 12.0 Å². The predicted octanol–water partition coefficient (Wildman–Crippen LogP) is 2.40. The Bertz CT molecular complexity index is 475. The SMILES string of the molecule is COC(=O)C1CCCC(=O)N1c1ccccc1Cl. The van der Waals surface area contributed by atoms with Gasteiger partial charge in [0.1, 0.15) is 6.04 Å². The fourth-order valence-corrected chi connectivity index (χ4v) is 2.41. The second-order valence-electron chi connectivity index (χ2n) is 4.15. The topological polar surface area (TPSA) is 46.6 Å². The summed E-state index contributed by atoms with van der Waals surface area (Å²) in [5.41, 5.74) is 0.569. The molecule has 0 N–H and O–H groups in total. The van der Waals surface area contributed by atoms with E-state index in [1.807, 2.05) is 0 Å². The minimum absolute atomic E-state index is 0.0928. The van der Waals surface area contributed by atoms with E-state index < -0.39 is 12.0 Å². The molecule has 1 amide bonds. The molecule has 1 fully saturated rings. The predicted molar refractivity (Wildman–Crippen MR) is 68.6 cm³/mol. The zero-order valence-electron chi connectivity index (χ0n) is 10.1. The van der Waals surface area contributed by atoms with Crippen LogP contribution in [-0.2, 0) is 14.3 Å².